The number of nitrogens with one attached hydrogen (secondary N) is 1. The first-order valence-corrected chi connectivity index (χ1v) is 7.92. The van der Waals surface area contributed by atoms with Crippen molar-refractivity contribution >= 4 is 11.6 Å². The topological polar surface area (TPSA) is 38.3 Å². The van der Waals surface area contributed by atoms with Gasteiger partial charge >= 0.3 is 0 Å². The molecule has 0 aliphatic heterocycles. The Bertz CT molecular complexity index is 637. The van der Waals surface area contributed by atoms with Crippen LogP contribution in [0.25, 0.3) is 0 Å². The third-order valence-corrected chi connectivity index (χ3v) is 3.83. The summed E-state index contributed by atoms with van der Waals surface area (Å²) < 4.78 is 5.13. The highest BCUT2D eigenvalue weighted by atomic mass is 16.5. The van der Waals surface area contributed by atoms with Gasteiger partial charge in [-0.1, -0.05) is 45.0 Å². The van der Waals surface area contributed by atoms with Gasteiger partial charge in [-0.05, 0) is 47.2 Å². The van der Waals surface area contributed by atoms with Crippen molar-refractivity contribution in [3.05, 3.63) is 59.7 Å². The largest absolute Gasteiger partial charge is 0.497 e. The highest BCUT2D eigenvalue weighted by Gasteiger charge is 2.13. The molecule has 2 rings (SSSR count). The Kier molecular flexibility index (Phi) is 5.43. The predicted molar refractivity (Wildman–Crippen MR) is 95.1 cm³/mol. The summed E-state index contributed by atoms with van der Waals surface area (Å²) >= 11 is 0. The van der Waals surface area contributed by atoms with E-state index in [1.165, 1.54) is 5.56 Å². The van der Waals surface area contributed by atoms with Gasteiger partial charge in [0.15, 0.2) is 0 Å². The standard InChI is InChI=1S/C20H25NO2/c1-20(2,3)16-8-10-17(11-9-16)21-19(22)14-7-15-5-12-18(23-4)13-6-15/h5-6,8-13H,7,14H2,1-4H3,(H,21,22). The number of carbonyl (C=O) groups is 1. The molecule has 2 aromatic rings. The molecule has 1 N–H and O–H groups in total. The lowest BCUT2D eigenvalue weighted by Gasteiger charge is -2.19. The summed E-state index contributed by atoms with van der Waals surface area (Å²) in [6.45, 7) is 6.53. The molecule has 0 aromatic heterocycles. The molecule has 3 heteroatoms. The maximum atomic E-state index is 12.1. The number of aryl methyl sites for hydroxylation is 1. The van der Waals surface area contributed by atoms with Crippen molar-refractivity contribution in [1.29, 1.82) is 0 Å². The summed E-state index contributed by atoms with van der Waals surface area (Å²) in [7, 11) is 1.65. The van der Waals surface area contributed by atoms with Crippen LogP contribution in [0.2, 0.25) is 0 Å². The first-order valence-electron chi connectivity index (χ1n) is 7.92. The zero-order valence-corrected chi connectivity index (χ0v) is 14.3. The number of carbonyl (C=O) groups excluding carboxylic acids is 1. The number of benzene rings is 2. The van der Waals surface area contributed by atoms with Crippen molar-refractivity contribution < 1.29 is 9.53 Å². The molecule has 0 fully saturated rings. The van der Waals surface area contributed by atoms with Gasteiger partial charge < -0.3 is 10.1 Å². The average Bonchev–Trinajstić information content (AvgIpc) is 2.53. The minimum atomic E-state index is 0.0318. The van der Waals surface area contributed by atoms with E-state index in [0.717, 1.165) is 23.4 Å². The summed E-state index contributed by atoms with van der Waals surface area (Å²) in [5.41, 5.74) is 3.35. The third kappa shape index (κ3) is 5.13. The molecule has 0 saturated carbocycles. The van der Waals surface area contributed by atoms with Crippen molar-refractivity contribution in [3.8, 4) is 5.75 Å². The lowest BCUT2D eigenvalue weighted by molar-refractivity contribution is -0.116. The van der Waals surface area contributed by atoms with E-state index in [2.05, 4.69) is 38.2 Å². The van der Waals surface area contributed by atoms with E-state index in [1.807, 2.05) is 36.4 Å². The number of amides is 1. The van der Waals surface area contributed by atoms with E-state index >= 15 is 0 Å². The smallest absolute Gasteiger partial charge is 0.224 e. The second-order valence-electron chi connectivity index (χ2n) is 6.72. The molecule has 0 saturated heterocycles. The molecule has 0 aliphatic rings. The highest BCUT2D eigenvalue weighted by molar-refractivity contribution is 5.90. The normalized spacial score (nSPS) is 11.1. The van der Waals surface area contributed by atoms with Crippen LogP contribution in [0.5, 0.6) is 5.75 Å². The monoisotopic (exact) mass is 311 g/mol. The first-order chi connectivity index (χ1) is 10.9. The van der Waals surface area contributed by atoms with Gasteiger partial charge in [0.05, 0.1) is 7.11 Å². The molecule has 23 heavy (non-hydrogen) atoms. The van der Waals surface area contributed by atoms with Crippen LogP contribution in [-0.2, 0) is 16.6 Å². The van der Waals surface area contributed by atoms with Crippen LogP contribution in [0.4, 0.5) is 5.69 Å². The summed E-state index contributed by atoms with van der Waals surface area (Å²) in [4.78, 5) is 12.1. The molecule has 122 valence electrons. The molecule has 0 heterocycles. The van der Waals surface area contributed by atoms with Crippen molar-refractivity contribution in [2.45, 2.75) is 39.0 Å². The van der Waals surface area contributed by atoms with Gasteiger partial charge in [0, 0.05) is 12.1 Å². The Morgan fingerprint density at radius 3 is 2.13 bits per heavy atom. The van der Waals surface area contributed by atoms with Gasteiger partial charge in [-0.3, -0.25) is 4.79 Å². The van der Waals surface area contributed by atoms with Crippen molar-refractivity contribution in [2.24, 2.45) is 0 Å². The van der Waals surface area contributed by atoms with Gasteiger partial charge in [-0.25, -0.2) is 0 Å². The van der Waals surface area contributed by atoms with Gasteiger partial charge in [0.25, 0.3) is 0 Å². The van der Waals surface area contributed by atoms with Gasteiger partial charge in [-0.2, -0.15) is 0 Å². The fourth-order valence-corrected chi connectivity index (χ4v) is 2.33. The molecular formula is C20H25NO2. The molecule has 0 atom stereocenters. The van der Waals surface area contributed by atoms with Crippen LogP contribution >= 0.6 is 0 Å². The molecular weight excluding hydrogens is 286 g/mol. The van der Waals surface area contributed by atoms with Crippen molar-refractivity contribution in [2.75, 3.05) is 12.4 Å². The van der Waals surface area contributed by atoms with Crippen LogP contribution in [0.3, 0.4) is 0 Å². The summed E-state index contributed by atoms with van der Waals surface area (Å²) in [5.74, 6) is 0.862. The molecule has 0 aliphatic carbocycles. The lowest BCUT2D eigenvalue weighted by Crippen LogP contribution is -2.14. The number of methoxy groups -OCH3 is 1. The Balaban J connectivity index is 1.86. The van der Waals surface area contributed by atoms with E-state index in [0.29, 0.717) is 6.42 Å². The molecule has 0 spiro atoms. The van der Waals surface area contributed by atoms with Crippen LogP contribution in [0, 0.1) is 0 Å². The van der Waals surface area contributed by atoms with Crippen LogP contribution < -0.4 is 10.1 Å². The molecule has 0 radical (unpaired) electrons. The van der Waals surface area contributed by atoms with Crippen molar-refractivity contribution in [1.82, 2.24) is 0 Å². The second kappa shape index (κ2) is 7.32. The van der Waals surface area contributed by atoms with Crippen LogP contribution in [0.15, 0.2) is 48.5 Å². The Morgan fingerprint density at radius 2 is 1.61 bits per heavy atom. The number of hydrogen-bond donors (Lipinski definition) is 1. The Labute approximate surface area is 138 Å². The third-order valence-electron chi connectivity index (χ3n) is 3.83. The Morgan fingerprint density at radius 1 is 1.00 bits per heavy atom. The molecule has 0 bridgehead atoms. The van der Waals surface area contributed by atoms with Gasteiger partial charge in [0.1, 0.15) is 5.75 Å². The number of ether oxygens (including phenoxy) is 1. The summed E-state index contributed by atoms with van der Waals surface area (Å²) in [6.07, 6.45) is 1.18. The molecule has 2 aromatic carbocycles. The van der Waals surface area contributed by atoms with E-state index in [4.69, 9.17) is 4.74 Å². The average molecular weight is 311 g/mol. The molecule has 0 unspecified atom stereocenters. The number of anilines is 1. The maximum absolute atomic E-state index is 12.1. The number of hydrogen-bond acceptors (Lipinski definition) is 2. The van der Waals surface area contributed by atoms with E-state index in [9.17, 15) is 4.79 Å². The fourth-order valence-electron chi connectivity index (χ4n) is 2.33. The summed E-state index contributed by atoms with van der Waals surface area (Å²) in [6, 6.07) is 15.9. The Hall–Kier alpha value is -2.29. The minimum Gasteiger partial charge on any atom is -0.497 e. The van der Waals surface area contributed by atoms with E-state index in [-0.39, 0.29) is 11.3 Å². The SMILES string of the molecule is COc1ccc(CCC(=O)Nc2ccc(C(C)(C)C)cc2)cc1. The van der Waals surface area contributed by atoms with Gasteiger partial charge in [-0.15, -0.1) is 0 Å². The zero-order chi connectivity index (χ0) is 16.9. The van der Waals surface area contributed by atoms with Crippen molar-refractivity contribution in [3.63, 3.8) is 0 Å². The second-order valence-corrected chi connectivity index (χ2v) is 6.72. The highest BCUT2D eigenvalue weighted by Crippen LogP contribution is 2.23. The fraction of sp³-hybridized carbons (Fsp3) is 0.350. The minimum absolute atomic E-state index is 0.0318. The van der Waals surface area contributed by atoms with Crippen LogP contribution in [0.1, 0.15) is 38.3 Å². The van der Waals surface area contributed by atoms with E-state index < -0.39 is 0 Å². The zero-order valence-electron chi connectivity index (χ0n) is 14.3. The first kappa shape index (κ1) is 17.1. The van der Waals surface area contributed by atoms with E-state index in [1.54, 1.807) is 7.11 Å². The quantitative estimate of drug-likeness (QED) is 0.879. The van der Waals surface area contributed by atoms with Gasteiger partial charge in [0.2, 0.25) is 5.91 Å². The van der Waals surface area contributed by atoms with Crippen LogP contribution in [-0.4, -0.2) is 13.0 Å². The number of rotatable bonds is 5. The maximum Gasteiger partial charge on any atom is 0.224 e. The molecule has 3 nitrogen and oxygen atoms in total. The lowest BCUT2D eigenvalue weighted by atomic mass is 9.87. The summed E-state index contributed by atoms with van der Waals surface area (Å²) in [5, 5.41) is 2.95. The predicted octanol–water partition coefficient (Wildman–Crippen LogP) is 4.56. The molecule has 1 amide bonds.